The van der Waals surface area contributed by atoms with Crippen molar-refractivity contribution in [3.05, 3.63) is 35.5 Å². The number of aliphatic hydroxyl groups excluding tert-OH is 1. The maximum Gasteiger partial charge on any atom is 0.113 e. The second kappa shape index (κ2) is 3.82. The third-order valence-electron chi connectivity index (χ3n) is 1.97. The van der Waals surface area contributed by atoms with Gasteiger partial charge in [0.15, 0.2) is 0 Å². The number of hydrogen-bond acceptors (Lipinski definition) is 3. The van der Waals surface area contributed by atoms with Crippen molar-refractivity contribution in [1.29, 1.82) is 0 Å². The van der Waals surface area contributed by atoms with E-state index in [2.05, 4.69) is 10.3 Å². The molecule has 0 aliphatic carbocycles. The van der Waals surface area contributed by atoms with Gasteiger partial charge in [0, 0.05) is 22.3 Å². The molecule has 2 rings (SSSR count). The molecule has 0 aliphatic rings. The molecule has 0 atom stereocenters. The number of fused-ring (bicyclic) bond motifs is 1. The summed E-state index contributed by atoms with van der Waals surface area (Å²) in [5, 5.41) is 13.2. The number of anilines is 1. The summed E-state index contributed by atoms with van der Waals surface area (Å²) in [4.78, 5) is 4.18. The highest BCUT2D eigenvalue weighted by atomic mass is 35.5. The van der Waals surface area contributed by atoms with Gasteiger partial charge in [-0.05, 0) is 24.3 Å². The Morgan fingerprint density at radius 1 is 1.36 bits per heavy atom. The number of benzene rings is 1. The van der Waals surface area contributed by atoms with Crippen LogP contribution in [0.1, 0.15) is 0 Å². The van der Waals surface area contributed by atoms with E-state index < -0.39 is 0 Å². The Labute approximate surface area is 86.3 Å². The summed E-state index contributed by atoms with van der Waals surface area (Å²) in [6.07, 6.45) is 1.68. The minimum atomic E-state index is -0.0955. The molecule has 0 spiro atoms. The van der Waals surface area contributed by atoms with Crippen molar-refractivity contribution < 1.29 is 5.11 Å². The zero-order valence-electron chi connectivity index (χ0n) is 7.37. The summed E-state index contributed by atoms with van der Waals surface area (Å²) < 4.78 is 0. The first-order chi connectivity index (χ1) is 6.81. The van der Waals surface area contributed by atoms with Crippen LogP contribution in [0.5, 0.6) is 0 Å². The van der Waals surface area contributed by atoms with Gasteiger partial charge in [0.1, 0.15) is 6.73 Å². The van der Waals surface area contributed by atoms with E-state index in [-0.39, 0.29) is 6.73 Å². The van der Waals surface area contributed by atoms with E-state index in [4.69, 9.17) is 16.7 Å². The molecule has 0 unspecified atom stereocenters. The van der Waals surface area contributed by atoms with Crippen molar-refractivity contribution in [3.8, 4) is 0 Å². The van der Waals surface area contributed by atoms with Gasteiger partial charge < -0.3 is 10.4 Å². The second-order valence-electron chi connectivity index (χ2n) is 2.85. The van der Waals surface area contributed by atoms with E-state index in [1.807, 2.05) is 12.1 Å². The van der Waals surface area contributed by atoms with Crippen molar-refractivity contribution in [2.24, 2.45) is 0 Å². The van der Waals surface area contributed by atoms with E-state index in [9.17, 15) is 0 Å². The third kappa shape index (κ3) is 1.64. The molecule has 1 aromatic heterocycles. The summed E-state index contributed by atoms with van der Waals surface area (Å²) in [6, 6.07) is 7.28. The fourth-order valence-corrected chi connectivity index (χ4v) is 1.53. The normalized spacial score (nSPS) is 10.4. The first kappa shape index (κ1) is 9.24. The standard InChI is InChI=1S/C10H9ClN2O/c11-7-1-2-8-9(13-6-14)3-4-12-10(8)5-7/h1-5,14H,6H2,(H,12,13). The van der Waals surface area contributed by atoms with Crippen LogP contribution >= 0.6 is 11.6 Å². The van der Waals surface area contributed by atoms with E-state index in [1.165, 1.54) is 0 Å². The van der Waals surface area contributed by atoms with E-state index in [0.29, 0.717) is 5.02 Å². The van der Waals surface area contributed by atoms with Crippen LogP contribution in [0.2, 0.25) is 5.02 Å². The predicted octanol–water partition coefficient (Wildman–Crippen LogP) is 2.25. The number of nitrogens with zero attached hydrogens (tertiary/aromatic N) is 1. The van der Waals surface area contributed by atoms with Gasteiger partial charge in [-0.1, -0.05) is 11.6 Å². The number of aromatic nitrogens is 1. The van der Waals surface area contributed by atoms with Crippen LogP contribution in [-0.2, 0) is 0 Å². The van der Waals surface area contributed by atoms with Gasteiger partial charge in [-0.3, -0.25) is 4.98 Å². The topological polar surface area (TPSA) is 45.1 Å². The average Bonchev–Trinajstić information content (AvgIpc) is 2.18. The van der Waals surface area contributed by atoms with Crippen molar-refractivity contribution in [1.82, 2.24) is 4.98 Å². The van der Waals surface area contributed by atoms with Crippen LogP contribution in [0, 0.1) is 0 Å². The number of pyridine rings is 1. The van der Waals surface area contributed by atoms with Crippen LogP contribution in [0.4, 0.5) is 5.69 Å². The predicted molar refractivity (Wildman–Crippen MR) is 57.5 cm³/mol. The maximum absolute atomic E-state index is 8.78. The quantitative estimate of drug-likeness (QED) is 0.745. The molecule has 0 saturated carbocycles. The first-order valence-corrected chi connectivity index (χ1v) is 4.58. The van der Waals surface area contributed by atoms with Crippen molar-refractivity contribution >= 4 is 28.2 Å². The zero-order chi connectivity index (χ0) is 9.97. The lowest BCUT2D eigenvalue weighted by molar-refractivity contribution is 0.326. The van der Waals surface area contributed by atoms with Crippen LogP contribution in [0.3, 0.4) is 0 Å². The Balaban J connectivity index is 2.62. The van der Waals surface area contributed by atoms with Crippen LogP contribution in [0.15, 0.2) is 30.5 Å². The lowest BCUT2D eigenvalue weighted by Gasteiger charge is -2.06. The second-order valence-corrected chi connectivity index (χ2v) is 3.29. The lowest BCUT2D eigenvalue weighted by Crippen LogP contribution is -2.00. The smallest absolute Gasteiger partial charge is 0.113 e. The summed E-state index contributed by atoms with van der Waals surface area (Å²) in [6.45, 7) is -0.0955. The van der Waals surface area contributed by atoms with E-state index in [1.54, 1.807) is 18.3 Å². The Bertz CT molecular complexity index is 459. The first-order valence-electron chi connectivity index (χ1n) is 4.20. The molecule has 3 nitrogen and oxygen atoms in total. The molecule has 0 radical (unpaired) electrons. The minimum Gasteiger partial charge on any atom is -0.377 e. The van der Waals surface area contributed by atoms with Gasteiger partial charge >= 0.3 is 0 Å². The monoisotopic (exact) mass is 208 g/mol. The van der Waals surface area contributed by atoms with Crippen LogP contribution in [0.25, 0.3) is 10.9 Å². The summed E-state index contributed by atoms with van der Waals surface area (Å²) in [5.41, 5.74) is 1.67. The Hall–Kier alpha value is -1.32. The van der Waals surface area contributed by atoms with Gasteiger partial charge in [0.05, 0.1) is 5.52 Å². The fraction of sp³-hybridized carbons (Fsp3) is 0.100. The van der Waals surface area contributed by atoms with Gasteiger partial charge in [-0.15, -0.1) is 0 Å². The van der Waals surface area contributed by atoms with Crippen LogP contribution < -0.4 is 5.32 Å². The molecule has 0 fully saturated rings. The molecule has 14 heavy (non-hydrogen) atoms. The molecule has 4 heteroatoms. The molecule has 0 bridgehead atoms. The lowest BCUT2D eigenvalue weighted by atomic mass is 10.2. The highest BCUT2D eigenvalue weighted by Gasteiger charge is 2.00. The third-order valence-corrected chi connectivity index (χ3v) is 2.21. The zero-order valence-corrected chi connectivity index (χ0v) is 8.12. The molecule has 1 heterocycles. The largest absolute Gasteiger partial charge is 0.377 e. The van der Waals surface area contributed by atoms with Crippen molar-refractivity contribution in [2.45, 2.75) is 0 Å². The summed E-state index contributed by atoms with van der Waals surface area (Å²) in [7, 11) is 0. The molecule has 2 aromatic rings. The van der Waals surface area contributed by atoms with Crippen molar-refractivity contribution in [2.75, 3.05) is 12.0 Å². The highest BCUT2D eigenvalue weighted by molar-refractivity contribution is 6.31. The fourth-order valence-electron chi connectivity index (χ4n) is 1.36. The van der Waals surface area contributed by atoms with E-state index in [0.717, 1.165) is 16.6 Å². The number of aliphatic hydroxyl groups is 1. The van der Waals surface area contributed by atoms with Gasteiger partial charge in [-0.2, -0.15) is 0 Å². The van der Waals surface area contributed by atoms with Crippen LogP contribution in [-0.4, -0.2) is 16.8 Å². The molecule has 1 aromatic carbocycles. The minimum absolute atomic E-state index is 0.0955. The molecule has 2 N–H and O–H groups in total. The number of halogens is 1. The average molecular weight is 209 g/mol. The molecular weight excluding hydrogens is 200 g/mol. The van der Waals surface area contributed by atoms with Crippen molar-refractivity contribution in [3.63, 3.8) is 0 Å². The SMILES string of the molecule is OCNc1ccnc2cc(Cl)ccc12. The number of rotatable bonds is 2. The molecule has 72 valence electrons. The Morgan fingerprint density at radius 2 is 2.21 bits per heavy atom. The molecule has 0 aliphatic heterocycles. The maximum atomic E-state index is 8.78. The number of nitrogens with one attached hydrogen (secondary N) is 1. The van der Waals surface area contributed by atoms with Gasteiger partial charge in [0.2, 0.25) is 0 Å². The van der Waals surface area contributed by atoms with Gasteiger partial charge in [0.25, 0.3) is 0 Å². The van der Waals surface area contributed by atoms with E-state index >= 15 is 0 Å². The molecular formula is C10H9ClN2O. The highest BCUT2D eigenvalue weighted by Crippen LogP contribution is 2.23. The molecule has 0 saturated heterocycles. The number of hydrogen-bond donors (Lipinski definition) is 2. The summed E-state index contributed by atoms with van der Waals surface area (Å²) in [5.74, 6) is 0. The summed E-state index contributed by atoms with van der Waals surface area (Å²) >= 11 is 5.84. The Kier molecular flexibility index (Phi) is 2.52. The van der Waals surface area contributed by atoms with Gasteiger partial charge in [-0.25, -0.2) is 0 Å². The molecule has 0 amide bonds. The Morgan fingerprint density at radius 3 is 3.00 bits per heavy atom.